The standard InChI is InChI=1S/C16H24O3/c1-3-6-16(10-17,11-18)9-14-8-13-7-12(2)4-5-15(13)19-14/h4-5,7,14,17-18H,3,6,8-11H2,1-2H3. The van der Waals surface area contributed by atoms with Crippen LogP contribution in [0.3, 0.4) is 0 Å². The molecule has 1 heterocycles. The highest BCUT2D eigenvalue weighted by molar-refractivity contribution is 5.40. The van der Waals surface area contributed by atoms with Crippen LogP contribution in [0.15, 0.2) is 18.2 Å². The molecule has 0 fully saturated rings. The molecule has 1 atom stereocenters. The molecule has 3 heteroatoms. The number of ether oxygens (including phenoxy) is 1. The summed E-state index contributed by atoms with van der Waals surface area (Å²) in [5.74, 6) is 0.955. The van der Waals surface area contributed by atoms with E-state index in [4.69, 9.17) is 4.74 Å². The molecular formula is C16H24O3. The van der Waals surface area contributed by atoms with E-state index < -0.39 is 5.41 Å². The zero-order valence-electron chi connectivity index (χ0n) is 11.9. The van der Waals surface area contributed by atoms with E-state index in [2.05, 4.69) is 26.0 Å². The molecule has 2 N–H and O–H groups in total. The maximum atomic E-state index is 9.61. The number of aliphatic hydroxyl groups is 2. The Hall–Kier alpha value is -1.06. The molecule has 106 valence electrons. The van der Waals surface area contributed by atoms with E-state index in [1.54, 1.807) is 0 Å². The van der Waals surface area contributed by atoms with Crippen LogP contribution in [0, 0.1) is 12.3 Å². The Morgan fingerprint density at radius 3 is 2.68 bits per heavy atom. The SMILES string of the molecule is CCCC(CO)(CO)CC1Cc2cc(C)ccc2O1. The fraction of sp³-hybridized carbons (Fsp3) is 0.625. The first kappa shape index (κ1) is 14.4. The Balaban J connectivity index is 2.06. The quantitative estimate of drug-likeness (QED) is 0.830. The summed E-state index contributed by atoms with van der Waals surface area (Å²) in [5.41, 5.74) is 2.08. The minimum absolute atomic E-state index is 0.0204. The molecule has 0 bridgehead atoms. The van der Waals surface area contributed by atoms with Gasteiger partial charge in [-0.25, -0.2) is 0 Å². The van der Waals surface area contributed by atoms with Crippen LogP contribution in [-0.2, 0) is 6.42 Å². The molecule has 0 amide bonds. The van der Waals surface area contributed by atoms with Crippen molar-refractivity contribution in [3.8, 4) is 5.75 Å². The number of rotatable bonds is 6. The molecule has 19 heavy (non-hydrogen) atoms. The first-order valence-corrected chi connectivity index (χ1v) is 7.10. The van der Waals surface area contributed by atoms with Crippen molar-refractivity contribution in [2.75, 3.05) is 13.2 Å². The fourth-order valence-electron chi connectivity index (χ4n) is 3.02. The van der Waals surface area contributed by atoms with Crippen LogP contribution < -0.4 is 4.74 Å². The van der Waals surface area contributed by atoms with Crippen LogP contribution >= 0.6 is 0 Å². The third kappa shape index (κ3) is 3.10. The van der Waals surface area contributed by atoms with E-state index in [9.17, 15) is 10.2 Å². The number of fused-ring (bicyclic) bond motifs is 1. The highest BCUT2D eigenvalue weighted by Crippen LogP contribution is 2.36. The van der Waals surface area contributed by atoms with Gasteiger partial charge in [0.05, 0.1) is 13.2 Å². The van der Waals surface area contributed by atoms with Crippen molar-refractivity contribution >= 4 is 0 Å². The second-order valence-corrected chi connectivity index (χ2v) is 5.83. The molecule has 1 aliphatic rings. The molecule has 3 nitrogen and oxygen atoms in total. The van der Waals surface area contributed by atoms with E-state index in [0.29, 0.717) is 6.42 Å². The van der Waals surface area contributed by atoms with E-state index in [1.807, 2.05) is 6.07 Å². The fourth-order valence-corrected chi connectivity index (χ4v) is 3.02. The average Bonchev–Trinajstić information content (AvgIpc) is 2.79. The third-order valence-electron chi connectivity index (χ3n) is 4.07. The summed E-state index contributed by atoms with van der Waals surface area (Å²) < 4.78 is 5.95. The first-order chi connectivity index (χ1) is 9.12. The Morgan fingerprint density at radius 1 is 1.32 bits per heavy atom. The zero-order valence-corrected chi connectivity index (χ0v) is 11.9. The summed E-state index contributed by atoms with van der Waals surface area (Å²) in [6, 6.07) is 6.23. The maximum absolute atomic E-state index is 9.61. The molecule has 1 aliphatic heterocycles. The van der Waals surface area contributed by atoms with E-state index in [1.165, 1.54) is 11.1 Å². The third-order valence-corrected chi connectivity index (χ3v) is 4.07. The predicted molar refractivity (Wildman–Crippen MR) is 75.4 cm³/mol. The smallest absolute Gasteiger partial charge is 0.123 e. The summed E-state index contributed by atoms with van der Waals surface area (Å²) in [4.78, 5) is 0. The van der Waals surface area contributed by atoms with E-state index >= 15 is 0 Å². The van der Waals surface area contributed by atoms with Gasteiger partial charge in [0, 0.05) is 11.8 Å². The highest BCUT2D eigenvalue weighted by atomic mass is 16.5. The monoisotopic (exact) mass is 264 g/mol. The second kappa shape index (κ2) is 5.93. The van der Waals surface area contributed by atoms with Gasteiger partial charge in [-0.1, -0.05) is 31.0 Å². The van der Waals surface area contributed by atoms with Gasteiger partial charge in [-0.15, -0.1) is 0 Å². The van der Waals surface area contributed by atoms with Gasteiger partial charge in [-0.3, -0.25) is 0 Å². The van der Waals surface area contributed by atoms with Crippen molar-refractivity contribution in [3.05, 3.63) is 29.3 Å². The van der Waals surface area contributed by atoms with Gasteiger partial charge < -0.3 is 14.9 Å². The zero-order chi connectivity index (χ0) is 13.9. The van der Waals surface area contributed by atoms with Gasteiger partial charge in [0.15, 0.2) is 0 Å². The Bertz CT molecular complexity index is 424. The largest absolute Gasteiger partial charge is 0.490 e. The lowest BCUT2D eigenvalue weighted by Gasteiger charge is -2.31. The lowest BCUT2D eigenvalue weighted by Crippen LogP contribution is -2.35. The summed E-state index contributed by atoms with van der Waals surface area (Å²) in [6.45, 7) is 4.20. The second-order valence-electron chi connectivity index (χ2n) is 5.83. The van der Waals surface area contributed by atoms with E-state index in [0.717, 1.165) is 25.0 Å². The van der Waals surface area contributed by atoms with Gasteiger partial charge in [-0.2, -0.15) is 0 Å². The molecule has 2 rings (SSSR count). The number of aliphatic hydroxyl groups excluding tert-OH is 2. The minimum Gasteiger partial charge on any atom is -0.490 e. The van der Waals surface area contributed by atoms with Crippen molar-refractivity contribution in [2.24, 2.45) is 5.41 Å². The van der Waals surface area contributed by atoms with Gasteiger partial charge in [0.25, 0.3) is 0 Å². The first-order valence-electron chi connectivity index (χ1n) is 7.10. The predicted octanol–water partition coefficient (Wildman–Crippen LogP) is 2.46. The number of benzene rings is 1. The molecule has 1 aromatic carbocycles. The maximum Gasteiger partial charge on any atom is 0.123 e. The Morgan fingerprint density at radius 2 is 2.05 bits per heavy atom. The van der Waals surface area contributed by atoms with Crippen LogP contribution in [0.5, 0.6) is 5.75 Å². The van der Waals surface area contributed by atoms with Crippen LogP contribution in [0.4, 0.5) is 0 Å². The Kier molecular flexibility index (Phi) is 4.48. The van der Waals surface area contributed by atoms with Crippen molar-refractivity contribution in [1.29, 1.82) is 0 Å². The summed E-state index contributed by atoms with van der Waals surface area (Å²) >= 11 is 0. The van der Waals surface area contributed by atoms with Crippen LogP contribution in [0.2, 0.25) is 0 Å². The number of hydrogen-bond acceptors (Lipinski definition) is 3. The van der Waals surface area contributed by atoms with Crippen molar-refractivity contribution in [2.45, 2.75) is 45.6 Å². The van der Waals surface area contributed by atoms with Crippen LogP contribution in [0.25, 0.3) is 0 Å². The molecule has 0 radical (unpaired) electrons. The van der Waals surface area contributed by atoms with Crippen LogP contribution in [-0.4, -0.2) is 29.5 Å². The molecule has 1 aromatic rings. The minimum atomic E-state index is -0.406. The highest BCUT2D eigenvalue weighted by Gasteiger charge is 2.35. The molecule has 1 unspecified atom stereocenters. The number of hydrogen-bond donors (Lipinski definition) is 2. The van der Waals surface area contributed by atoms with Crippen molar-refractivity contribution < 1.29 is 14.9 Å². The molecule has 0 saturated carbocycles. The summed E-state index contributed by atoms with van der Waals surface area (Å²) in [6.07, 6.45) is 3.45. The van der Waals surface area contributed by atoms with Gasteiger partial charge in [0.2, 0.25) is 0 Å². The normalized spacial score (nSPS) is 18.2. The van der Waals surface area contributed by atoms with Crippen molar-refractivity contribution in [1.82, 2.24) is 0 Å². The van der Waals surface area contributed by atoms with Gasteiger partial charge in [0.1, 0.15) is 11.9 Å². The number of aryl methyl sites for hydroxylation is 1. The van der Waals surface area contributed by atoms with Crippen LogP contribution in [0.1, 0.15) is 37.3 Å². The lowest BCUT2D eigenvalue weighted by atomic mass is 9.79. The Labute approximate surface area is 115 Å². The molecule has 0 saturated heterocycles. The summed E-state index contributed by atoms with van der Waals surface area (Å²) in [7, 11) is 0. The summed E-state index contributed by atoms with van der Waals surface area (Å²) in [5, 5.41) is 19.2. The average molecular weight is 264 g/mol. The van der Waals surface area contributed by atoms with Gasteiger partial charge in [-0.05, 0) is 31.4 Å². The van der Waals surface area contributed by atoms with E-state index in [-0.39, 0.29) is 19.3 Å². The molecule has 0 aliphatic carbocycles. The molecule has 0 spiro atoms. The molecular weight excluding hydrogens is 240 g/mol. The lowest BCUT2D eigenvalue weighted by molar-refractivity contribution is 0.0113. The molecule has 0 aromatic heterocycles. The van der Waals surface area contributed by atoms with Gasteiger partial charge >= 0.3 is 0 Å². The van der Waals surface area contributed by atoms with Crippen molar-refractivity contribution in [3.63, 3.8) is 0 Å². The topological polar surface area (TPSA) is 49.7 Å².